The SMILES string of the molecule is Cc1ncccc1O[C@@H]1CC[C@@H]2CN(C(=O)c3cncnc3C)C[C@@H]21. The Morgan fingerprint density at radius 2 is 2.08 bits per heavy atom. The summed E-state index contributed by atoms with van der Waals surface area (Å²) in [5.74, 6) is 1.78. The highest BCUT2D eigenvalue weighted by Crippen LogP contribution is 2.40. The van der Waals surface area contributed by atoms with Gasteiger partial charge in [-0.2, -0.15) is 0 Å². The molecule has 0 radical (unpaired) electrons. The molecule has 25 heavy (non-hydrogen) atoms. The molecule has 4 rings (SSSR count). The lowest BCUT2D eigenvalue weighted by Crippen LogP contribution is -2.33. The highest BCUT2D eigenvalue weighted by Gasteiger charge is 2.45. The Hall–Kier alpha value is -2.50. The van der Waals surface area contributed by atoms with Gasteiger partial charge >= 0.3 is 0 Å². The number of pyridine rings is 1. The molecule has 6 heteroatoms. The number of nitrogens with zero attached hydrogens (tertiary/aromatic N) is 4. The molecule has 0 N–H and O–H groups in total. The maximum absolute atomic E-state index is 12.8. The third-order valence-corrected chi connectivity index (χ3v) is 5.46. The standard InChI is InChI=1S/C19H22N4O2/c1-12-15(8-20-11-22-12)19(24)23-9-14-5-6-18(16(14)10-23)25-17-4-3-7-21-13(17)2/h3-4,7-8,11,14,16,18H,5-6,9-10H2,1-2H3/t14-,16+,18-/m1/s1. The number of hydrogen-bond donors (Lipinski definition) is 0. The van der Waals surface area contributed by atoms with Crippen molar-refractivity contribution < 1.29 is 9.53 Å². The molecule has 130 valence electrons. The van der Waals surface area contributed by atoms with Crippen molar-refractivity contribution in [3.63, 3.8) is 0 Å². The topological polar surface area (TPSA) is 68.2 Å². The molecule has 1 amide bonds. The fourth-order valence-electron chi connectivity index (χ4n) is 4.06. The average molecular weight is 338 g/mol. The predicted molar refractivity (Wildman–Crippen MR) is 92.3 cm³/mol. The van der Waals surface area contributed by atoms with Gasteiger partial charge in [0.05, 0.1) is 17.0 Å². The van der Waals surface area contributed by atoms with Crippen LogP contribution in [0.25, 0.3) is 0 Å². The fraction of sp³-hybridized carbons (Fsp3) is 0.474. The van der Waals surface area contributed by atoms with E-state index >= 15 is 0 Å². The van der Waals surface area contributed by atoms with Crippen molar-refractivity contribution in [1.82, 2.24) is 19.9 Å². The van der Waals surface area contributed by atoms with Gasteiger partial charge in [0.1, 0.15) is 18.2 Å². The van der Waals surface area contributed by atoms with E-state index < -0.39 is 0 Å². The monoisotopic (exact) mass is 338 g/mol. The molecule has 0 spiro atoms. The highest BCUT2D eigenvalue weighted by atomic mass is 16.5. The van der Waals surface area contributed by atoms with Crippen LogP contribution in [0.15, 0.2) is 30.9 Å². The summed E-state index contributed by atoms with van der Waals surface area (Å²) in [7, 11) is 0. The molecule has 3 atom stereocenters. The zero-order valence-electron chi connectivity index (χ0n) is 14.6. The number of hydrogen-bond acceptors (Lipinski definition) is 5. The normalized spacial score (nSPS) is 25.0. The summed E-state index contributed by atoms with van der Waals surface area (Å²) < 4.78 is 6.25. The minimum absolute atomic E-state index is 0.0313. The molecule has 0 bridgehead atoms. The lowest BCUT2D eigenvalue weighted by Gasteiger charge is -2.22. The third-order valence-electron chi connectivity index (χ3n) is 5.46. The van der Waals surface area contributed by atoms with Crippen molar-refractivity contribution in [2.75, 3.05) is 13.1 Å². The van der Waals surface area contributed by atoms with Crippen LogP contribution in [0.5, 0.6) is 5.75 Å². The van der Waals surface area contributed by atoms with E-state index in [1.165, 1.54) is 6.33 Å². The van der Waals surface area contributed by atoms with Gasteiger partial charge in [-0.25, -0.2) is 9.97 Å². The molecular formula is C19H22N4O2. The smallest absolute Gasteiger partial charge is 0.257 e. The first-order valence-electron chi connectivity index (χ1n) is 8.77. The Labute approximate surface area is 147 Å². The van der Waals surface area contributed by atoms with Crippen molar-refractivity contribution in [3.05, 3.63) is 47.8 Å². The molecule has 2 aromatic rings. The van der Waals surface area contributed by atoms with Crippen molar-refractivity contribution in [2.24, 2.45) is 11.8 Å². The molecular weight excluding hydrogens is 316 g/mol. The summed E-state index contributed by atoms with van der Waals surface area (Å²) >= 11 is 0. The number of carbonyl (C=O) groups excluding carboxylic acids is 1. The number of fused-ring (bicyclic) bond motifs is 1. The molecule has 1 aliphatic heterocycles. The van der Waals surface area contributed by atoms with E-state index in [0.717, 1.165) is 43.1 Å². The minimum Gasteiger partial charge on any atom is -0.488 e. The van der Waals surface area contributed by atoms with Crippen molar-refractivity contribution in [1.29, 1.82) is 0 Å². The molecule has 1 saturated heterocycles. The Morgan fingerprint density at radius 1 is 1.20 bits per heavy atom. The van der Waals surface area contributed by atoms with Crippen molar-refractivity contribution in [3.8, 4) is 5.75 Å². The first-order chi connectivity index (χ1) is 12.1. The summed E-state index contributed by atoms with van der Waals surface area (Å²) in [6.45, 7) is 5.35. The average Bonchev–Trinajstić information content (AvgIpc) is 3.19. The van der Waals surface area contributed by atoms with Gasteiger partial charge in [-0.05, 0) is 44.7 Å². The number of rotatable bonds is 3. The number of carbonyl (C=O) groups is 1. The van der Waals surface area contributed by atoms with E-state index in [4.69, 9.17) is 4.74 Å². The van der Waals surface area contributed by atoms with Gasteiger partial charge in [0, 0.05) is 31.4 Å². The first-order valence-corrected chi connectivity index (χ1v) is 8.77. The summed E-state index contributed by atoms with van der Waals surface area (Å²) in [4.78, 5) is 27.2. The lowest BCUT2D eigenvalue weighted by molar-refractivity contribution is 0.0760. The van der Waals surface area contributed by atoms with E-state index in [0.29, 0.717) is 17.4 Å². The van der Waals surface area contributed by atoms with Crippen LogP contribution in [0.3, 0.4) is 0 Å². The van der Waals surface area contributed by atoms with Crippen LogP contribution in [0.4, 0.5) is 0 Å². The van der Waals surface area contributed by atoms with Gasteiger partial charge in [0.25, 0.3) is 5.91 Å². The maximum Gasteiger partial charge on any atom is 0.257 e. The van der Waals surface area contributed by atoms with Crippen LogP contribution >= 0.6 is 0 Å². The molecule has 0 aromatic carbocycles. The van der Waals surface area contributed by atoms with Gasteiger partial charge in [0.15, 0.2) is 0 Å². The Kier molecular flexibility index (Phi) is 4.11. The molecule has 2 aromatic heterocycles. The third kappa shape index (κ3) is 2.97. The molecule has 1 aliphatic carbocycles. The van der Waals surface area contributed by atoms with Crippen molar-refractivity contribution >= 4 is 5.91 Å². The van der Waals surface area contributed by atoms with E-state index in [1.807, 2.05) is 30.9 Å². The van der Waals surface area contributed by atoms with Crippen LogP contribution in [-0.4, -0.2) is 45.0 Å². The molecule has 6 nitrogen and oxygen atoms in total. The molecule has 2 aliphatic rings. The highest BCUT2D eigenvalue weighted by molar-refractivity contribution is 5.95. The van der Waals surface area contributed by atoms with E-state index in [9.17, 15) is 4.79 Å². The van der Waals surface area contributed by atoms with Crippen LogP contribution in [0, 0.1) is 25.7 Å². The first kappa shape index (κ1) is 16.0. The predicted octanol–water partition coefficient (Wildman–Crippen LogP) is 2.42. The van der Waals surface area contributed by atoms with Gasteiger partial charge in [-0.1, -0.05) is 0 Å². The van der Waals surface area contributed by atoms with Gasteiger partial charge in [-0.15, -0.1) is 0 Å². The second-order valence-corrected chi connectivity index (χ2v) is 6.98. The molecule has 0 unspecified atom stereocenters. The summed E-state index contributed by atoms with van der Waals surface area (Å²) in [6.07, 6.45) is 7.16. The van der Waals surface area contributed by atoms with Crippen molar-refractivity contribution in [2.45, 2.75) is 32.8 Å². The molecule has 3 heterocycles. The van der Waals surface area contributed by atoms with Gasteiger partial charge < -0.3 is 9.64 Å². The van der Waals surface area contributed by atoms with Gasteiger partial charge in [-0.3, -0.25) is 9.78 Å². The number of likely N-dealkylation sites (tertiary alicyclic amines) is 1. The summed E-state index contributed by atoms with van der Waals surface area (Å²) in [5, 5.41) is 0. The van der Waals surface area contributed by atoms with Crippen LogP contribution in [-0.2, 0) is 0 Å². The fourth-order valence-corrected chi connectivity index (χ4v) is 4.06. The Morgan fingerprint density at radius 3 is 2.88 bits per heavy atom. The van der Waals surface area contributed by atoms with E-state index in [1.54, 1.807) is 12.4 Å². The Balaban J connectivity index is 1.47. The number of ether oxygens (including phenoxy) is 1. The summed E-state index contributed by atoms with van der Waals surface area (Å²) in [5.41, 5.74) is 2.24. The van der Waals surface area contributed by atoms with Crippen LogP contribution < -0.4 is 4.74 Å². The zero-order chi connectivity index (χ0) is 17.4. The van der Waals surface area contributed by atoms with E-state index in [-0.39, 0.29) is 12.0 Å². The van der Waals surface area contributed by atoms with Crippen LogP contribution in [0.1, 0.15) is 34.6 Å². The quantitative estimate of drug-likeness (QED) is 0.860. The molecule has 1 saturated carbocycles. The molecule has 2 fully saturated rings. The van der Waals surface area contributed by atoms with Gasteiger partial charge in [0.2, 0.25) is 0 Å². The minimum atomic E-state index is 0.0313. The largest absolute Gasteiger partial charge is 0.488 e. The second kappa shape index (κ2) is 6.43. The number of aromatic nitrogens is 3. The van der Waals surface area contributed by atoms with Crippen LogP contribution in [0.2, 0.25) is 0 Å². The second-order valence-electron chi connectivity index (χ2n) is 6.98. The number of aryl methyl sites for hydroxylation is 2. The zero-order valence-corrected chi connectivity index (χ0v) is 14.6. The maximum atomic E-state index is 12.8. The lowest BCUT2D eigenvalue weighted by atomic mass is 9.99. The van der Waals surface area contributed by atoms with E-state index in [2.05, 4.69) is 15.0 Å². The Bertz CT molecular complexity index is 794. The summed E-state index contributed by atoms with van der Waals surface area (Å²) in [6, 6.07) is 3.87. The number of amides is 1.